The van der Waals surface area contributed by atoms with Crippen molar-refractivity contribution in [1.29, 1.82) is 0 Å². The SMILES string of the molecule is CCC(C)(C)NC(=O)Cn1ccn(C2CC2)c1=O. The van der Waals surface area contributed by atoms with Crippen molar-refractivity contribution in [2.45, 2.75) is 58.2 Å². The fourth-order valence-corrected chi connectivity index (χ4v) is 1.84. The molecule has 0 spiro atoms. The Labute approximate surface area is 107 Å². The van der Waals surface area contributed by atoms with Crippen LogP contribution in [0.15, 0.2) is 17.2 Å². The zero-order valence-electron chi connectivity index (χ0n) is 11.3. The Morgan fingerprint density at radius 2 is 2.11 bits per heavy atom. The highest BCUT2D eigenvalue weighted by molar-refractivity contribution is 5.76. The standard InChI is InChI=1S/C13H21N3O2/c1-4-13(2,3)14-11(17)9-15-7-8-16(12(15)18)10-5-6-10/h7-8,10H,4-6,9H2,1-3H3,(H,14,17). The third kappa shape index (κ3) is 2.83. The summed E-state index contributed by atoms with van der Waals surface area (Å²) in [5.74, 6) is -0.113. The maximum absolute atomic E-state index is 12.0. The number of nitrogens with one attached hydrogen (secondary N) is 1. The summed E-state index contributed by atoms with van der Waals surface area (Å²) in [7, 11) is 0. The second-order valence-corrected chi connectivity index (χ2v) is 5.63. The van der Waals surface area contributed by atoms with Crippen molar-refractivity contribution >= 4 is 5.91 Å². The van der Waals surface area contributed by atoms with Gasteiger partial charge in [0, 0.05) is 24.0 Å². The molecule has 1 aromatic heterocycles. The molecule has 0 unspecified atom stereocenters. The van der Waals surface area contributed by atoms with E-state index in [9.17, 15) is 9.59 Å². The summed E-state index contributed by atoms with van der Waals surface area (Å²) in [6, 6.07) is 0.355. The molecule has 1 aromatic rings. The lowest BCUT2D eigenvalue weighted by atomic mass is 10.0. The van der Waals surface area contributed by atoms with Crippen molar-refractivity contribution in [3.63, 3.8) is 0 Å². The molecule has 1 fully saturated rings. The van der Waals surface area contributed by atoms with E-state index < -0.39 is 0 Å². The van der Waals surface area contributed by atoms with Crippen molar-refractivity contribution in [1.82, 2.24) is 14.5 Å². The predicted octanol–water partition coefficient (Wildman–Crippen LogP) is 1.29. The van der Waals surface area contributed by atoms with Crippen LogP contribution in [0.2, 0.25) is 0 Å². The molecule has 1 amide bonds. The number of imidazole rings is 1. The van der Waals surface area contributed by atoms with Crippen LogP contribution in [0.25, 0.3) is 0 Å². The Hall–Kier alpha value is -1.52. The molecule has 0 saturated heterocycles. The lowest BCUT2D eigenvalue weighted by molar-refractivity contribution is -0.123. The van der Waals surface area contributed by atoms with E-state index in [0.717, 1.165) is 19.3 Å². The summed E-state index contributed by atoms with van der Waals surface area (Å²) in [6.45, 7) is 6.07. The minimum Gasteiger partial charge on any atom is -0.350 e. The number of amides is 1. The number of nitrogens with zero attached hydrogens (tertiary/aromatic N) is 2. The van der Waals surface area contributed by atoms with E-state index in [-0.39, 0.29) is 23.7 Å². The molecule has 5 nitrogen and oxygen atoms in total. The van der Waals surface area contributed by atoms with Gasteiger partial charge in [-0.2, -0.15) is 0 Å². The summed E-state index contributed by atoms with van der Waals surface area (Å²) in [6.07, 6.45) is 6.46. The van der Waals surface area contributed by atoms with Crippen LogP contribution >= 0.6 is 0 Å². The van der Waals surface area contributed by atoms with Crippen molar-refractivity contribution in [3.05, 3.63) is 22.9 Å². The summed E-state index contributed by atoms with van der Waals surface area (Å²) in [4.78, 5) is 23.8. The molecule has 2 rings (SSSR count). The first-order chi connectivity index (χ1) is 8.43. The maximum atomic E-state index is 12.0. The molecule has 0 aliphatic heterocycles. The zero-order chi connectivity index (χ0) is 13.3. The van der Waals surface area contributed by atoms with Gasteiger partial charge in [-0.15, -0.1) is 0 Å². The van der Waals surface area contributed by atoms with Crippen molar-refractivity contribution < 1.29 is 4.79 Å². The smallest absolute Gasteiger partial charge is 0.328 e. The monoisotopic (exact) mass is 251 g/mol. The first-order valence-electron chi connectivity index (χ1n) is 6.51. The van der Waals surface area contributed by atoms with Crippen LogP contribution in [0, 0.1) is 0 Å². The quantitative estimate of drug-likeness (QED) is 0.857. The molecule has 0 aromatic carbocycles. The number of carbonyl (C=O) groups excluding carboxylic acids is 1. The van der Waals surface area contributed by atoms with Crippen molar-refractivity contribution in [2.24, 2.45) is 0 Å². The van der Waals surface area contributed by atoms with Crippen molar-refractivity contribution in [2.75, 3.05) is 0 Å². The summed E-state index contributed by atoms with van der Waals surface area (Å²) < 4.78 is 3.19. The van der Waals surface area contributed by atoms with Gasteiger partial charge in [-0.3, -0.25) is 13.9 Å². The van der Waals surface area contributed by atoms with E-state index in [0.29, 0.717) is 6.04 Å². The lowest BCUT2D eigenvalue weighted by Crippen LogP contribution is -2.45. The summed E-state index contributed by atoms with van der Waals surface area (Å²) in [5.41, 5.74) is -0.304. The average Bonchev–Trinajstić information content (AvgIpc) is 3.06. The first-order valence-corrected chi connectivity index (χ1v) is 6.51. The topological polar surface area (TPSA) is 56.0 Å². The Balaban J connectivity index is 2.01. The van der Waals surface area contributed by atoms with Gasteiger partial charge in [0.05, 0.1) is 0 Å². The fourth-order valence-electron chi connectivity index (χ4n) is 1.84. The van der Waals surface area contributed by atoms with Gasteiger partial charge in [0.1, 0.15) is 6.54 Å². The van der Waals surface area contributed by atoms with Crippen LogP contribution in [0.4, 0.5) is 0 Å². The van der Waals surface area contributed by atoms with Crippen LogP contribution in [0.5, 0.6) is 0 Å². The van der Waals surface area contributed by atoms with Gasteiger partial charge < -0.3 is 5.32 Å². The Bertz CT molecular complexity index is 495. The van der Waals surface area contributed by atoms with Crippen LogP contribution in [-0.2, 0) is 11.3 Å². The maximum Gasteiger partial charge on any atom is 0.328 e. The minimum atomic E-state index is -0.222. The molecule has 1 aliphatic rings. The molecular formula is C13H21N3O2. The van der Waals surface area contributed by atoms with Crippen LogP contribution in [-0.4, -0.2) is 20.6 Å². The molecule has 1 heterocycles. The molecule has 5 heteroatoms. The molecule has 0 bridgehead atoms. The van der Waals surface area contributed by atoms with Gasteiger partial charge in [0.2, 0.25) is 5.91 Å². The summed E-state index contributed by atoms with van der Waals surface area (Å²) in [5, 5.41) is 2.93. The van der Waals surface area contributed by atoms with Gasteiger partial charge in [-0.25, -0.2) is 4.79 Å². The Morgan fingerprint density at radius 3 is 2.67 bits per heavy atom. The van der Waals surface area contributed by atoms with Gasteiger partial charge in [0.25, 0.3) is 0 Å². The molecule has 1 saturated carbocycles. The second kappa shape index (κ2) is 4.63. The molecular weight excluding hydrogens is 230 g/mol. The highest BCUT2D eigenvalue weighted by atomic mass is 16.2. The second-order valence-electron chi connectivity index (χ2n) is 5.63. The van der Waals surface area contributed by atoms with Crippen LogP contribution < -0.4 is 11.0 Å². The van der Waals surface area contributed by atoms with E-state index in [1.165, 1.54) is 4.57 Å². The van der Waals surface area contributed by atoms with E-state index in [1.807, 2.05) is 20.8 Å². The van der Waals surface area contributed by atoms with E-state index in [4.69, 9.17) is 0 Å². The van der Waals surface area contributed by atoms with Crippen molar-refractivity contribution in [3.8, 4) is 0 Å². The first kappa shape index (κ1) is 12.9. The highest BCUT2D eigenvalue weighted by Gasteiger charge is 2.26. The minimum absolute atomic E-state index is 0.0815. The zero-order valence-corrected chi connectivity index (χ0v) is 11.3. The molecule has 1 aliphatic carbocycles. The number of carbonyl (C=O) groups is 1. The number of aromatic nitrogens is 2. The van der Waals surface area contributed by atoms with Gasteiger partial charge >= 0.3 is 5.69 Å². The highest BCUT2D eigenvalue weighted by Crippen LogP contribution is 2.33. The van der Waals surface area contributed by atoms with Crippen LogP contribution in [0.3, 0.4) is 0 Å². The van der Waals surface area contributed by atoms with Gasteiger partial charge in [0.15, 0.2) is 0 Å². The lowest BCUT2D eigenvalue weighted by Gasteiger charge is -2.24. The summed E-state index contributed by atoms with van der Waals surface area (Å²) >= 11 is 0. The normalized spacial score (nSPS) is 15.7. The molecule has 1 N–H and O–H groups in total. The van der Waals surface area contributed by atoms with E-state index >= 15 is 0 Å². The number of rotatable bonds is 5. The molecule has 0 radical (unpaired) electrons. The van der Waals surface area contributed by atoms with Gasteiger partial charge in [-0.05, 0) is 33.1 Å². The molecule has 18 heavy (non-hydrogen) atoms. The number of hydrogen-bond donors (Lipinski definition) is 1. The largest absolute Gasteiger partial charge is 0.350 e. The fraction of sp³-hybridized carbons (Fsp3) is 0.692. The Morgan fingerprint density at radius 1 is 1.44 bits per heavy atom. The van der Waals surface area contributed by atoms with Gasteiger partial charge in [-0.1, -0.05) is 6.92 Å². The third-order valence-electron chi connectivity index (χ3n) is 3.49. The third-order valence-corrected chi connectivity index (χ3v) is 3.49. The molecule has 0 atom stereocenters. The van der Waals surface area contributed by atoms with E-state index in [1.54, 1.807) is 17.0 Å². The van der Waals surface area contributed by atoms with E-state index in [2.05, 4.69) is 5.32 Å². The average molecular weight is 251 g/mol. The molecule has 100 valence electrons. The van der Waals surface area contributed by atoms with Crippen LogP contribution in [0.1, 0.15) is 46.1 Å². The Kier molecular flexibility index (Phi) is 3.32. The number of hydrogen-bond acceptors (Lipinski definition) is 2. The predicted molar refractivity (Wildman–Crippen MR) is 69.5 cm³/mol.